The van der Waals surface area contributed by atoms with Crippen molar-refractivity contribution in [1.29, 1.82) is 0 Å². The summed E-state index contributed by atoms with van der Waals surface area (Å²) in [5, 5.41) is 5.22. The first-order valence-corrected chi connectivity index (χ1v) is 11.1. The van der Waals surface area contributed by atoms with E-state index in [1.165, 1.54) is 24.0 Å². The van der Waals surface area contributed by atoms with Gasteiger partial charge in [-0.15, -0.1) is 11.3 Å². The third-order valence-electron chi connectivity index (χ3n) is 5.31. The number of hydrogen-bond donors (Lipinski definition) is 1. The quantitative estimate of drug-likeness (QED) is 0.599. The van der Waals surface area contributed by atoms with Gasteiger partial charge in [0.1, 0.15) is 5.69 Å². The Morgan fingerprint density at radius 2 is 2.04 bits per heavy atom. The summed E-state index contributed by atoms with van der Waals surface area (Å²) in [7, 11) is 0. The van der Waals surface area contributed by atoms with Gasteiger partial charge in [0.25, 0.3) is 5.91 Å². The van der Waals surface area contributed by atoms with E-state index in [4.69, 9.17) is 0 Å². The minimum atomic E-state index is 0.0121. The highest BCUT2D eigenvalue weighted by atomic mass is 79.9. The van der Waals surface area contributed by atoms with Crippen LogP contribution in [0.15, 0.2) is 40.2 Å². The van der Waals surface area contributed by atoms with Gasteiger partial charge in [0.15, 0.2) is 0 Å². The first-order chi connectivity index (χ1) is 13.1. The molecule has 6 heteroatoms. The molecule has 0 saturated carbocycles. The van der Waals surface area contributed by atoms with E-state index in [0.29, 0.717) is 13.1 Å². The highest BCUT2D eigenvalue weighted by Gasteiger charge is 2.19. The van der Waals surface area contributed by atoms with Gasteiger partial charge in [-0.05, 0) is 66.0 Å². The summed E-state index contributed by atoms with van der Waals surface area (Å²) in [6, 6.07) is 10.4. The van der Waals surface area contributed by atoms with Crippen molar-refractivity contribution in [3.63, 3.8) is 0 Å². The summed E-state index contributed by atoms with van der Waals surface area (Å²) in [5.74, 6) is 0.0121. The SMILES string of the molecule is Cc1ccccc1Cn1c(C(=O)NCCN2CCCC2)cc2scc(Br)c21. The number of carbonyl (C=O) groups is 1. The van der Waals surface area contributed by atoms with E-state index < -0.39 is 0 Å². The van der Waals surface area contributed by atoms with Gasteiger partial charge in [-0.2, -0.15) is 0 Å². The van der Waals surface area contributed by atoms with E-state index in [2.05, 4.69) is 67.3 Å². The highest BCUT2D eigenvalue weighted by Crippen LogP contribution is 2.34. The Morgan fingerprint density at radius 1 is 1.26 bits per heavy atom. The van der Waals surface area contributed by atoms with Gasteiger partial charge in [-0.3, -0.25) is 4.79 Å². The van der Waals surface area contributed by atoms with Gasteiger partial charge in [-0.1, -0.05) is 24.3 Å². The summed E-state index contributed by atoms with van der Waals surface area (Å²) in [6.45, 7) is 6.75. The standard InChI is InChI=1S/C21H24BrN3OS/c1-15-6-2-3-7-16(15)13-25-18(12-19-20(25)17(22)14-27-19)21(26)23-8-11-24-9-4-5-10-24/h2-3,6-7,12,14H,4-5,8-11,13H2,1H3,(H,23,26). The second kappa shape index (κ2) is 8.17. The van der Waals surface area contributed by atoms with Crippen LogP contribution in [0.25, 0.3) is 10.2 Å². The van der Waals surface area contributed by atoms with E-state index in [-0.39, 0.29) is 5.91 Å². The highest BCUT2D eigenvalue weighted by molar-refractivity contribution is 9.10. The Bertz CT molecular complexity index is 956. The molecule has 4 rings (SSSR count). The van der Waals surface area contributed by atoms with Gasteiger partial charge in [0, 0.05) is 25.0 Å². The molecule has 0 radical (unpaired) electrons. The lowest BCUT2D eigenvalue weighted by molar-refractivity contribution is 0.0941. The van der Waals surface area contributed by atoms with Crippen LogP contribution in [-0.4, -0.2) is 41.6 Å². The molecule has 4 nitrogen and oxygen atoms in total. The van der Waals surface area contributed by atoms with Crippen LogP contribution >= 0.6 is 27.3 Å². The van der Waals surface area contributed by atoms with Crippen LogP contribution in [0.1, 0.15) is 34.5 Å². The van der Waals surface area contributed by atoms with Crippen LogP contribution in [0.3, 0.4) is 0 Å². The number of fused-ring (bicyclic) bond motifs is 1. The Morgan fingerprint density at radius 3 is 2.81 bits per heavy atom. The van der Waals surface area contributed by atoms with Crippen molar-refractivity contribution < 1.29 is 4.79 Å². The largest absolute Gasteiger partial charge is 0.349 e. The van der Waals surface area contributed by atoms with E-state index in [1.54, 1.807) is 11.3 Å². The molecular formula is C21H24BrN3OS. The topological polar surface area (TPSA) is 37.3 Å². The first kappa shape index (κ1) is 18.7. The molecule has 2 aromatic heterocycles. The molecule has 1 fully saturated rings. The smallest absolute Gasteiger partial charge is 0.268 e. The third-order valence-corrected chi connectivity index (χ3v) is 7.14. The normalized spacial score (nSPS) is 14.9. The number of carbonyl (C=O) groups excluding carboxylic acids is 1. The fourth-order valence-corrected chi connectivity index (χ4v) is 5.46. The summed E-state index contributed by atoms with van der Waals surface area (Å²) in [4.78, 5) is 15.4. The van der Waals surface area contributed by atoms with Crippen molar-refractivity contribution in [1.82, 2.24) is 14.8 Å². The molecule has 1 aromatic carbocycles. The molecule has 0 unspecified atom stereocenters. The van der Waals surface area contributed by atoms with Crippen molar-refractivity contribution in [2.75, 3.05) is 26.2 Å². The van der Waals surface area contributed by atoms with E-state index in [0.717, 1.165) is 40.0 Å². The first-order valence-electron chi connectivity index (χ1n) is 9.45. The number of aromatic nitrogens is 1. The number of nitrogens with one attached hydrogen (secondary N) is 1. The summed E-state index contributed by atoms with van der Waals surface area (Å²) < 4.78 is 4.33. The Balaban J connectivity index is 1.58. The zero-order chi connectivity index (χ0) is 18.8. The number of thiophene rings is 1. The number of aryl methyl sites for hydroxylation is 1. The molecule has 1 aliphatic heterocycles. The predicted molar refractivity (Wildman–Crippen MR) is 116 cm³/mol. The molecule has 1 saturated heterocycles. The average Bonchev–Trinajstić information content (AvgIpc) is 3.37. The molecule has 0 atom stereocenters. The van der Waals surface area contributed by atoms with Crippen molar-refractivity contribution in [3.05, 3.63) is 57.0 Å². The van der Waals surface area contributed by atoms with E-state index in [1.807, 2.05) is 6.07 Å². The molecule has 0 bridgehead atoms. The summed E-state index contributed by atoms with van der Waals surface area (Å²) >= 11 is 5.33. The minimum Gasteiger partial charge on any atom is -0.349 e. The van der Waals surface area contributed by atoms with Crippen molar-refractivity contribution in [3.8, 4) is 0 Å². The monoisotopic (exact) mass is 445 g/mol. The molecule has 1 aliphatic rings. The second-order valence-electron chi connectivity index (χ2n) is 7.14. The minimum absolute atomic E-state index is 0.0121. The molecule has 1 amide bonds. The zero-order valence-electron chi connectivity index (χ0n) is 15.5. The number of amides is 1. The van der Waals surface area contributed by atoms with Crippen molar-refractivity contribution in [2.45, 2.75) is 26.3 Å². The fourth-order valence-electron chi connectivity index (χ4n) is 3.77. The Hall–Kier alpha value is -1.63. The second-order valence-corrected chi connectivity index (χ2v) is 8.91. The lowest BCUT2D eigenvalue weighted by Crippen LogP contribution is -2.34. The van der Waals surface area contributed by atoms with Gasteiger partial charge in [-0.25, -0.2) is 0 Å². The number of rotatable bonds is 6. The summed E-state index contributed by atoms with van der Waals surface area (Å²) in [6.07, 6.45) is 2.55. The van der Waals surface area contributed by atoms with Crippen molar-refractivity contribution >= 4 is 43.4 Å². The molecule has 3 aromatic rings. The van der Waals surface area contributed by atoms with Gasteiger partial charge >= 0.3 is 0 Å². The molecular weight excluding hydrogens is 422 g/mol. The number of likely N-dealkylation sites (tertiary alicyclic amines) is 1. The Labute approximate surface area is 172 Å². The van der Waals surface area contributed by atoms with Crippen LogP contribution in [0.5, 0.6) is 0 Å². The van der Waals surface area contributed by atoms with Crippen LogP contribution in [0, 0.1) is 6.92 Å². The Kier molecular flexibility index (Phi) is 5.66. The molecule has 0 aliphatic carbocycles. The van der Waals surface area contributed by atoms with Gasteiger partial charge < -0.3 is 14.8 Å². The molecule has 0 spiro atoms. The molecule has 142 valence electrons. The fraction of sp³-hybridized carbons (Fsp3) is 0.381. The number of benzene rings is 1. The third kappa shape index (κ3) is 3.98. The van der Waals surface area contributed by atoms with Crippen LogP contribution in [0.4, 0.5) is 0 Å². The lowest BCUT2D eigenvalue weighted by Gasteiger charge is -2.16. The van der Waals surface area contributed by atoms with E-state index in [9.17, 15) is 4.79 Å². The van der Waals surface area contributed by atoms with Crippen LogP contribution in [0.2, 0.25) is 0 Å². The van der Waals surface area contributed by atoms with Gasteiger partial charge in [0.2, 0.25) is 0 Å². The summed E-state index contributed by atoms with van der Waals surface area (Å²) in [5.41, 5.74) is 4.32. The van der Waals surface area contributed by atoms with Crippen LogP contribution in [-0.2, 0) is 6.54 Å². The maximum atomic E-state index is 12.9. The number of halogens is 1. The molecule has 27 heavy (non-hydrogen) atoms. The number of hydrogen-bond acceptors (Lipinski definition) is 3. The van der Waals surface area contributed by atoms with Crippen LogP contribution < -0.4 is 5.32 Å². The van der Waals surface area contributed by atoms with E-state index >= 15 is 0 Å². The number of nitrogens with zero attached hydrogens (tertiary/aromatic N) is 2. The van der Waals surface area contributed by atoms with Gasteiger partial charge in [0.05, 0.1) is 14.7 Å². The molecule has 1 N–H and O–H groups in total. The lowest BCUT2D eigenvalue weighted by atomic mass is 10.1. The maximum absolute atomic E-state index is 12.9. The van der Waals surface area contributed by atoms with Crippen molar-refractivity contribution in [2.24, 2.45) is 0 Å². The average molecular weight is 446 g/mol. The molecule has 3 heterocycles. The zero-order valence-corrected chi connectivity index (χ0v) is 17.9. The predicted octanol–water partition coefficient (Wildman–Crippen LogP) is 4.65. The maximum Gasteiger partial charge on any atom is 0.268 e.